The second kappa shape index (κ2) is 15.5. The van der Waals surface area contributed by atoms with Crippen LogP contribution in [0.15, 0.2) is 82.7 Å². The first-order valence-corrected chi connectivity index (χ1v) is 16.1. The number of benzene rings is 3. The Hall–Kier alpha value is -3.96. The third-order valence-corrected chi connectivity index (χ3v) is 8.68. The summed E-state index contributed by atoms with van der Waals surface area (Å²) in [6.07, 6.45) is -4.03. The van der Waals surface area contributed by atoms with Crippen molar-refractivity contribution in [2.24, 2.45) is 0 Å². The SMILES string of the molecule is [2H]C([2H])(Sc1nc(=O)c2c(n1C([2H])([2H])C(=O)N(C([2H])(C)c1ccc(-c3ccc(C(F)(F)F)cc3)cc1)C([2H])([2H])C([2H])([2H])N(CC)CC)CCC2)c1ccc(F)cc1. The van der Waals surface area contributed by atoms with Crippen LogP contribution in [-0.2, 0) is 36.0 Å². The van der Waals surface area contributed by atoms with Crippen LogP contribution in [0.4, 0.5) is 17.6 Å². The summed E-state index contributed by atoms with van der Waals surface area (Å²) in [5, 5.41) is -0.604. The monoisotopic (exact) mass is 689 g/mol. The van der Waals surface area contributed by atoms with E-state index in [4.69, 9.17) is 5.48 Å². The topological polar surface area (TPSA) is 58.4 Å². The van der Waals surface area contributed by atoms with E-state index >= 15 is 4.79 Å². The Labute approximate surface area is 295 Å². The number of hydrogen-bond acceptors (Lipinski definition) is 5. The van der Waals surface area contributed by atoms with E-state index in [2.05, 4.69) is 4.98 Å². The number of alkyl halides is 3. The van der Waals surface area contributed by atoms with Gasteiger partial charge >= 0.3 is 6.18 Å². The van der Waals surface area contributed by atoms with Gasteiger partial charge in [-0.2, -0.15) is 18.2 Å². The molecule has 1 aliphatic rings. The van der Waals surface area contributed by atoms with Gasteiger partial charge in [-0.05, 0) is 85.8 Å². The number of thioether (sulfide) groups is 1. The van der Waals surface area contributed by atoms with Crippen LogP contribution < -0.4 is 5.56 Å². The van der Waals surface area contributed by atoms with E-state index in [1.54, 1.807) is 13.8 Å². The van der Waals surface area contributed by atoms with Gasteiger partial charge in [0.1, 0.15) is 12.3 Å². The number of rotatable bonds is 13. The van der Waals surface area contributed by atoms with Gasteiger partial charge in [0.25, 0.3) is 5.56 Å². The van der Waals surface area contributed by atoms with Crippen LogP contribution in [-0.4, -0.2) is 51.3 Å². The van der Waals surface area contributed by atoms with Gasteiger partial charge in [0.2, 0.25) is 5.91 Å². The highest BCUT2D eigenvalue weighted by molar-refractivity contribution is 7.98. The molecule has 0 aliphatic heterocycles. The number of amides is 1. The van der Waals surface area contributed by atoms with Crippen molar-refractivity contribution in [1.82, 2.24) is 19.4 Å². The van der Waals surface area contributed by atoms with Gasteiger partial charge in [-0.15, -0.1) is 0 Å². The lowest BCUT2D eigenvalue weighted by Gasteiger charge is -2.33. The van der Waals surface area contributed by atoms with Crippen molar-refractivity contribution in [2.45, 2.75) is 69.6 Å². The lowest BCUT2D eigenvalue weighted by Crippen LogP contribution is -2.42. The quantitative estimate of drug-likeness (QED) is 0.0816. The Kier molecular flexibility index (Phi) is 8.10. The number of nitrogens with zero attached hydrogens (tertiary/aromatic N) is 4. The third kappa shape index (κ3) is 8.36. The molecule has 1 heterocycles. The molecule has 0 saturated heterocycles. The molecule has 48 heavy (non-hydrogen) atoms. The van der Waals surface area contributed by atoms with E-state index in [0.29, 0.717) is 22.1 Å². The van der Waals surface area contributed by atoms with Crippen LogP contribution in [0, 0.1) is 5.82 Å². The smallest absolute Gasteiger partial charge is 0.333 e. The molecule has 11 heteroatoms. The zero-order valence-corrected chi connectivity index (χ0v) is 27.3. The van der Waals surface area contributed by atoms with Crippen LogP contribution in [0.1, 0.15) is 73.5 Å². The normalized spacial score (nSPS) is 18.1. The van der Waals surface area contributed by atoms with Crippen LogP contribution >= 0.6 is 11.8 Å². The summed E-state index contributed by atoms with van der Waals surface area (Å²) in [6, 6.07) is 11.4. The summed E-state index contributed by atoms with van der Waals surface area (Å²) >= 11 is 0.265. The van der Waals surface area contributed by atoms with Crippen molar-refractivity contribution in [2.75, 3.05) is 26.1 Å². The first-order chi connectivity index (χ1) is 26.3. The number of aromatic nitrogens is 2. The zero-order valence-electron chi connectivity index (χ0n) is 35.5. The number of fused-ring (bicyclic) bond motifs is 1. The molecule has 5 rings (SSSR count). The van der Waals surface area contributed by atoms with Crippen molar-refractivity contribution in [3.05, 3.63) is 117 Å². The summed E-state index contributed by atoms with van der Waals surface area (Å²) in [5.41, 5.74) is -3.53. The molecule has 4 aromatic rings. The van der Waals surface area contributed by atoms with Crippen molar-refractivity contribution in [1.29, 1.82) is 0 Å². The lowest BCUT2D eigenvalue weighted by molar-refractivity contribution is -0.137. The minimum atomic E-state index is -4.57. The van der Waals surface area contributed by atoms with E-state index in [1.165, 1.54) is 36.4 Å². The van der Waals surface area contributed by atoms with Crippen LogP contribution in [0.2, 0.25) is 0 Å². The van der Waals surface area contributed by atoms with Crippen molar-refractivity contribution in [3.8, 4) is 11.1 Å². The van der Waals surface area contributed by atoms with E-state index in [1.807, 2.05) is 0 Å². The maximum atomic E-state index is 15.0. The largest absolute Gasteiger partial charge is 0.416 e. The van der Waals surface area contributed by atoms with Crippen LogP contribution in [0.25, 0.3) is 11.1 Å². The molecule has 0 radical (unpaired) electrons. The minimum absolute atomic E-state index is 0.00870. The minimum Gasteiger partial charge on any atom is -0.333 e. The van der Waals surface area contributed by atoms with E-state index in [-0.39, 0.29) is 65.0 Å². The molecular weight excluding hydrogens is 640 g/mol. The van der Waals surface area contributed by atoms with Gasteiger partial charge in [0, 0.05) is 35.4 Å². The maximum absolute atomic E-state index is 15.0. The second-order valence-corrected chi connectivity index (χ2v) is 11.7. The number of halogens is 4. The number of carbonyl (C=O) groups excluding carboxylic acids is 1. The van der Waals surface area contributed by atoms with Gasteiger partial charge < -0.3 is 14.4 Å². The Morgan fingerprint density at radius 3 is 2.21 bits per heavy atom. The first-order valence-electron chi connectivity index (χ1n) is 19.8. The van der Waals surface area contributed by atoms with Crippen molar-refractivity contribution < 1.29 is 34.7 Å². The highest BCUT2D eigenvalue weighted by Crippen LogP contribution is 2.32. The van der Waals surface area contributed by atoms with E-state index < -0.39 is 65.4 Å². The van der Waals surface area contributed by atoms with Gasteiger partial charge in [-0.3, -0.25) is 9.59 Å². The fraction of sp³-hybridized carbons (Fsp3) is 0.378. The van der Waals surface area contributed by atoms with Crippen molar-refractivity contribution >= 4 is 17.7 Å². The second-order valence-electron chi connectivity index (χ2n) is 10.9. The molecule has 0 spiro atoms. The third-order valence-electron chi connectivity index (χ3n) is 7.89. The molecule has 1 aliphatic carbocycles. The molecule has 1 atom stereocenters. The first kappa shape index (κ1) is 25.1. The predicted molar refractivity (Wildman–Crippen MR) is 181 cm³/mol. The maximum Gasteiger partial charge on any atom is 0.416 e. The highest BCUT2D eigenvalue weighted by Gasteiger charge is 2.30. The zero-order chi connectivity index (χ0) is 42.5. The summed E-state index contributed by atoms with van der Waals surface area (Å²) < 4.78 is 136. The molecule has 3 aromatic carbocycles. The summed E-state index contributed by atoms with van der Waals surface area (Å²) in [7, 11) is 0. The van der Waals surface area contributed by atoms with Crippen LogP contribution in [0.5, 0.6) is 0 Å². The van der Waals surface area contributed by atoms with Crippen molar-refractivity contribution in [3.63, 3.8) is 0 Å². The van der Waals surface area contributed by atoms with Gasteiger partial charge in [-0.25, -0.2) is 4.39 Å². The Balaban J connectivity index is 1.68. The Morgan fingerprint density at radius 2 is 1.60 bits per heavy atom. The average Bonchev–Trinajstić information content (AvgIpc) is 3.62. The predicted octanol–water partition coefficient (Wildman–Crippen LogP) is 7.78. The molecule has 1 amide bonds. The highest BCUT2D eigenvalue weighted by atomic mass is 32.2. The van der Waals surface area contributed by atoms with E-state index in [0.717, 1.165) is 48.2 Å². The summed E-state index contributed by atoms with van der Waals surface area (Å²) in [6.45, 7) is -5.89. The molecule has 0 bridgehead atoms. The van der Waals surface area contributed by atoms with Crippen LogP contribution in [0.3, 0.4) is 0 Å². The molecule has 254 valence electrons. The molecule has 0 N–H and O–H groups in total. The number of carbonyl (C=O) groups is 1. The molecule has 0 fully saturated rings. The van der Waals surface area contributed by atoms with Gasteiger partial charge in [-0.1, -0.05) is 74.1 Å². The fourth-order valence-corrected chi connectivity index (χ4v) is 5.87. The molecule has 0 saturated carbocycles. The molecular formula is C37H40F4N4O2S. The molecule has 1 aromatic heterocycles. The van der Waals surface area contributed by atoms with Gasteiger partial charge in [0.05, 0.1) is 18.4 Å². The number of likely N-dealkylation sites (N-methyl/N-ethyl adjacent to an activating group) is 1. The average molecular weight is 690 g/mol. The molecule has 1 unspecified atom stereocenters. The lowest BCUT2D eigenvalue weighted by atomic mass is 9.99. The molecule has 6 nitrogen and oxygen atoms in total. The number of hydrogen-bond donors (Lipinski definition) is 0. The summed E-state index contributed by atoms with van der Waals surface area (Å²) in [4.78, 5) is 33.5. The Bertz CT molecular complexity index is 2160. The Morgan fingerprint density at radius 1 is 0.979 bits per heavy atom. The summed E-state index contributed by atoms with van der Waals surface area (Å²) in [5.74, 6) is -2.41. The van der Waals surface area contributed by atoms with E-state index in [9.17, 15) is 29.2 Å². The fourth-order valence-electron chi connectivity index (χ4n) is 5.15. The van der Waals surface area contributed by atoms with Gasteiger partial charge in [0.15, 0.2) is 5.16 Å². The standard InChI is InChI=1S/C37H40F4N4O2S/c1-4-43(5-2)21-22-44(25(3)27-11-13-28(14-12-27)29-15-17-30(18-16-29)37(39,40)41)34(46)23-45-33-8-6-7-32(33)35(47)42-36(45)48-24-26-9-19-31(38)20-10-26/h9-20,25H,4-8,21-24H2,1-3H3/i21D2,22D2,23D2,24D2,25D.